The first-order valence-corrected chi connectivity index (χ1v) is 9.07. The van der Waals surface area contributed by atoms with Gasteiger partial charge < -0.3 is 15.0 Å². The molecule has 0 aliphatic carbocycles. The van der Waals surface area contributed by atoms with Crippen molar-refractivity contribution in [3.63, 3.8) is 0 Å². The van der Waals surface area contributed by atoms with Gasteiger partial charge in [-0.15, -0.1) is 0 Å². The van der Waals surface area contributed by atoms with Crippen LogP contribution in [-0.4, -0.2) is 30.3 Å². The number of ether oxygens (including phenoxy) is 1. The first kappa shape index (κ1) is 19.2. The van der Waals surface area contributed by atoms with Crippen molar-refractivity contribution in [2.24, 2.45) is 0 Å². The number of carbonyl (C=O) groups excluding carboxylic acids is 2. The third-order valence-electron chi connectivity index (χ3n) is 4.30. The van der Waals surface area contributed by atoms with E-state index in [1.54, 1.807) is 48.3 Å². The molecule has 1 N–H and O–H groups in total. The highest BCUT2D eigenvalue weighted by molar-refractivity contribution is 6.06. The van der Waals surface area contributed by atoms with E-state index in [9.17, 15) is 9.59 Å². The molecule has 0 spiro atoms. The quantitative estimate of drug-likeness (QED) is 0.673. The molecule has 0 aliphatic rings. The zero-order valence-corrected chi connectivity index (χ0v) is 15.9. The van der Waals surface area contributed by atoms with Crippen LogP contribution in [0.2, 0.25) is 0 Å². The molecular weight excluding hydrogens is 352 g/mol. The summed E-state index contributed by atoms with van der Waals surface area (Å²) in [6.45, 7) is 2.50. The van der Waals surface area contributed by atoms with Crippen LogP contribution in [0.5, 0.6) is 11.5 Å². The van der Waals surface area contributed by atoms with Crippen molar-refractivity contribution in [1.29, 1.82) is 0 Å². The number of amides is 2. The Labute approximate surface area is 164 Å². The summed E-state index contributed by atoms with van der Waals surface area (Å²) in [5.74, 6) is 0.794. The van der Waals surface area contributed by atoms with Crippen molar-refractivity contribution >= 4 is 17.5 Å². The van der Waals surface area contributed by atoms with Crippen molar-refractivity contribution < 1.29 is 14.3 Å². The number of nitrogens with one attached hydrogen (secondary N) is 1. The summed E-state index contributed by atoms with van der Waals surface area (Å²) < 4.78 is 5.88. The van der Waals surface area contributed by atoms with Crippen LogP contribution in [0.4, 0.5) is 5.69 Å². The van der Waals surface area contributed by atoms with E-state index < -0.39 is 0 Å². The smallest absolute Gasteiger partial charge is 0.255 e. The Hall–Kier alpha value is -3.60. The summed E-state index contributed by atoms with van der Waals surface area (Å²) in [5, 5.41) is 2.87. The van der Waals surface area contributed by atoms with E-state index in [1.807, 2.05) is 49.4 Å². The Morgan fingerprint density at radius 2 is 1.57 bits per heavy atom. The van der Waals surface area contributed by atoms with Gasteiger partial charge in [0.15, 0.2) is 5.75 Å². The fourth-order valence-electron chi connectivity index (χ4n) is 2.63. The number of carbonyl (C=O) groups is 2. The molecule has 2 amide bonds. The van der Waals surface area contributed by atoms with Gasteiger partial charge in [0.2, 0.25) is 0 Å². The Morgan fingerprint density at radius 3 is 2.32 bits per heavy atom. The molecule has 0 fully saturated rings. The Bertz CT molecular complexity index is 970. The van der Waals surface area contributed by atoms with E-state index in [-0.39, 0.29) is 11.8 Å². The summed E-state index contributed by atoms with van der Waals surface area (Å²) in [5.41, 5.74) is 1.44. The van der Waals surface area contributed by atoms with E-state index in [0.717, 1.165) is 0 Å². The highest BCUT2D eigenvalue weighted by atomic mass is 16.5. The number of hydrogen-bond donors (Lipinski definition) is 1. The predicted molar refractivity (Wildman–Crippen MR) is 110 cm³/mol. The highest BCUT2D eigenvalue weighted by Crippen LogP contribution is 2.29. The van der Waals surface area contributed by atoms with Gasteiger partial charge in [0.05, 0.1) is 5.69 Å². The summed E-state index contributed by atoms with van der Waals surface area (Å²) >= 11 is 0. The van der Waals surface area contributed by atoms with E-state index in [1.165, 1.54) is 0 Å². The minimum atomic E-state index is -0.307. The second-order valence-corrected chi connectivity index (χ2v) is 6.27. The van der Waals surface area contributed by atoms with Gasteiger partial charge in [-0.05, 0) is 49.4 Å². The standard InChI is InChI=1S/C23H22N2O3/c1-3-25(2)23(27)18-11-9-10-17(16-18)22(26)24-20-14-7-8-15-21(20)28-19-12-5-4-6-13-19/h4-16H,3H2,1-2H3,(H,24,26). The molecule has 0 unspecified atom stereocenters. The predicted octanol–water partition coefficient (Wildman–Crippen LogP) is 4.82. The lowest BCUT2D eigenvalue weighted by Gasteiger charge is -2.15. The molecule has 142 valence electrons. The van der Waals surface area contributed by atoms with Crippen LogP contribution in [0.15, 0.2) is 78.9 Å². The molecule has 5 nitrogen and oxygen atoms in total. The molecular formula is C23H22N2O3. The lowest BCUT2D eigenvalue weighted by atomic mass is 10.1. The highest BCUT2D eigenvalue weighted by Gasteiger charge is 2.14. The molecule has 0 aliphatic heterocycles. The molecule has 28 heavy (non-hydrogen) atoms. The molecule has 0 saturated carbocycles. The molecule has 0 bridgehead atoms. The van der Waals surface area contributed by atoms with Gasteiger partial charge in [0, 0.05) is 24.7 Å². The zero-order chi connectivity index (χ0) is 19.9. The normalized spacial score (nSPS) is 10.2. The maximum Gasteiger partial charge on any atom is 0.255 e. The summed E-state index contributed by atoms with van der Waals surface area (Å²) in [6.07, 6.45) is 0. The van der Waals surface area contributed by atoms with Crippen LogP contribution < -0.4 is 10.1 Å². The van der Waals surface area contributed by atoms with Crippen LogP contribution in [0, 0.1) is 0 Å². The fourth-order valence-corrected chi connectivity index (χ4v) is 2.63. The van der Waals surface area contributed by atoms with Crippen LogP contribution in [0.1, 0.15) is 27.6 Å². The lowest BCUT2D eigenvalue weighted by Crippen LogP contribution is -2.26. The van der Waals surface area contributed by atoms with Gasteiger partial charge >= 0.3 is 0 Å². The third-order valence-corrected chi connectivity index (χ3v) is 4.30. The Kier molecular flexibility index (Phi) is 6.07. The maximum atomic E-state index is 12.7. The first-order chi connectivity index (χ1) is 13.6. The number of rotatable bonds is 6. The molecule has 0 atom stereocenters. The second kappa shape index (κ2) is 8.86. The van der Waals surface area contributed by atoms with Crippen LogP contribution in [0.25, 0.3) is 0 Å². The van der Waals surface area contributed by atoms with E-state index >= 15 is 0 Å². The van der Waals surface area contributed by atoms with Gasteiger partial charge in [0.25, 0.3) is 11.8 Å². The van der Waals surface area contributed by atoms with Crippen molar-refractivity contribution in [3.8, 4) is 11.5 Å². The monoisotopic (exact) mass is 374 g/mol. The van der Waals surface area contributed by atoms with E-state index in [0.29, 0.717) is 34.9 Å². The Balaban J connectivity index is 1.80. The minimum Gasteiger partial charge on any atom is -0.455 e. The molecule has 0 heterocycles. The molecule has 0 saturated heterocycles. The number of nitrogens with zero attached hydrogens (tertiary/aromatic N) is 1. The van der Waals surface area contributed by atoms with E-state index in [4.69, 9.17) is 4.74 Å². The molecule has 0 aromatic heterocycles. The number of para-hydroxylation sites is 3. The number of anilines is 1. The van der Waals surface area contributed by atoms with Crippen molar-refractivity contribution in [2.45, 2.75) is 6.92 Å². The SMILES string of the molecule is CCN(C)C(=O)c1cccc(C(=O)Nc2ccccc2Oc2ccccc2)c1. The zero-order valence-electron chi connectivity index (χ0n) is 15.9. The fraction of sp³-hybridized carbons (Fsp3) is 0.130. The lowest BCUT2D eigenvalue weighted by molar-refractivity contribution is 0.0802. The molecule has 3 aromatic carbocycles. The number of benzene rings is 3. The summed E-state index contributed by atoms with van der Waals surface area (Å²) in [6, 6.07) is 23.3. The van der Waals surface area contributed by atoms with Gasteiger partial charge in [0.1, 0.15) is 5.75 Å². The molecule has 3 rings (SSSR count). The average Bonchev–Trinajstić information content (AvgIpc) is 2.74. The first-order valence-electron chi connectivity index (χ1n) is 9.07. The largest absolute Gasteiger partial charge is 0.455 e. The summed E-state index contributed by atoms with van der Waals surface area (Å²) in [4.78, 5) is 26.7. The van der Waals surface area contributed by atoms with Gasteiger partial charge in [-0.25, -0.2) is 0 Å². The minimum absolute atomic E-state index is 0.120. The molecule has 0 radical (unpaired) electrons. The van der Waals surface area contributed by atoms with Crippen LogP contribution >= 0.6 is 0 Å². The van der Waals surface area contributed by atoms with Crippen LogP contribution in [-0.2, 0) is 0 Å². The average molecular weight is 374 g/mol. The van der Waals surface area contributed by atoms with Gasteiger partial charge in [-0.1, -0.05) is 36.4 Å². The second-order valence-electron chi connectivity index (χ2n) is 6.27. The number of hydrogen-bond acceptors (Lipinski definition) is 3. The molecule has 3 aromatic rings. The van der Waals surface area contributed by atoms with Crippen molar-refractivity contribution in [2.75, 3.05) is 18.9 Å². The van der Waals surface area contributed by atoms with E-state index in [2.05, 4.69) is 5.32 Å². The third kappa shape index (κ3) is 4.57. The summed E-state index contributed by atoms with van der Waals surface area (Å²) in [7, 11) is 1.73. The van der Waals surface area contributed by atoms with Crippen LogP contribution in [0.3, 0.4) is 0 Å². The molecule has 5 heteroatoms. The van der Waals surface area contributed by atoms with Gasteiger partial charge in [-0.3, -0.25) is 9.59 Å². The van der Waals surface area contributed by atoms with Crippen molar-refractivity contribution in [1.82, 2.24) is 4.90 Å². The maximum absolute atomic E-state index is 12.7. The topological polar surface area (TPSA) is 58.6 Å². The van der Waals surface area contributed by atoms with Gasteiger partial charge in [-0.2, -0.15) is 0 Å². The Morgan fingerprint density at radius 1 is 0.893 bits per heavy atom. The van der Waals surface area contributed by atoms with Crippen molar-refractivity contribution in [3.05, 3.63) is 90.0 Å².